The summed E-state index contributed by atoms with van der Waals surface area (Å²) in [6.07, 6.45) is 0.510. The third-order valence-electron chi connectivity index (χ3n) is 2.60. The van der Waals surface area contributed by atoms with E-state index in [4.69, 9.17) is 10.3 Å². The second-order valence-electron chi connectivity index (χ2n) is 4.30. The molecule has 10 heteroatoms. The SMILES string of the molecule is CC1=NN(c2ccc(S(=O)(=O)O)cc2)/C(=N/NC(N)=S)C1. The molecule has 0 fully saturated rings. The molecule has 1 aliphatic rings. The van der Waals surface area contributed by atoms with Gasteiger partial charge in [-0.15, -0.1) is 0 Å². The Bertz CT molecular complexity index is 725. The predicted octanol–water partition coefficient (Wildman–Crippen LogP) is 0.666. The minimum absolute atomic E-state index is 0.0359. The molecule has 0 atom stereocenters. The first-order valence-corrected chi connectivity index (χ1v) is 7.66. The van der Waals surface area contributed by atoms with Crippen LogP contribution in [0.2, 0.25) is 0 Å². The molecular formula is C11H13N5O3S2. The summed E-state index contributed by atoms with van der Waals surface area (Å²) in [5, 5.41) is 9.91. The van der Waals surface area contributed by atoms with Gasteiger partial charge < -0.3 is 5.73 Å². The molecule has 0 radical (unpaired) electrons. The molecule has 4 N–H and O–H groups in total. The molecule has 0 unspecified atom stereocenters. The van der Waals surface area contributed by atoms with Crippen molar-refractivity contribution in [1.29, 1.82) is 0 Å². The van der Waals surface area contributed by atoms with Crippen molar-refractivity contribution in [3.8, 4) is 0 Å². The summed E-state index contributed by atoms with van der Waals surface area (Å²) in [6.45, 7) is 1.84. The lowest BCUT2D eigenvalue weighted by atomic mass is 10.2. The standard InChI is InChI=1S/C11H13N5O3S2/c1-7-6-10(13-14-11(12)20)16(15-7)8-2-4-9(5-3-8)21(17,18)19/h2-5H,6H2,1H3,(H3,12,14,20)(H,17,18,19)/b13-10+. The number of nitrogens with zero attached hydrogens (tertiary/aromatic N) is 3. The third kappa shape index (κ3) is 3.74. The van der Waals surface area contributed by atoms with E-state index in [0.717, 1.165) is 5.71 Å². The number of benzene rings is 1. The molecule has 0 saturated carbocycles. The minimum Gasteiger partial charge on any atom is -0.375 e. The quantitative estimate of drug-likeness (QED) is 0.424. The summed E-state index contributed by atoms with van der Waals surface area (Å²) in [6, 6.07) is 5.60. The van der Waals surface area contributed by atoms with Gasteiger partial charge in [0, 0.05) is 12.1 Å². The summed E-state index contributed by atoms with van der Waals surface area (Å²) < 4.78 is 31.0. The van der Waals surface area contributed by atoms with Gasteiger partial charge >= 0.3 is 0 Å². The van der Waals surface area contributed by atoms with Gasteiger partial charge in [-0.2, -0.15) is 18.6 Å². The van der Waals surface area contributed by atoms with Crippen molar-refractivity contribution < 1.29 is 13.0 Å². The van der Waals surface area contributed by atoms with E-state index >= 15 is 0 Å². The largest absolute Gasteiger partial charge is 0.375 e. The first-order chi connectivity index (χ1) is 9.77. The monoisotopic (exact) mass is 327 g/mol. The molecule has 1 heterocycles. The molecule has 8 nitrogen and oxygen atoms in total. The van der Waals surface area contributed by atoms with E-state index in [-0.39, 0.29) is 10.0 Å². The van der Waals surface area contributed by atoms with Gasteiger partial charge in [0.2, 0.25) is 0 Å². The third-order valence-corrected chi connectivity index (χ3v) is 3.56. The maximum absolute atomic E-state index is 11.0. The smallest absolute Gasteiger partial charge is 0.294 e. The van der Waals surface area contributed by atoms with Crippen LogP contribution in [0.4, 0.5) is 5.69 Å². The summed E-state index contributed by atoms with van der Waals surface area (Å²) >= 11 is 4.68. The van der Waals surface area contributed by atoms with Crippen molar-refractivity contribution in [2.45, 2.75) is 18.2 Å². The Morgan fingerprint density at radius 3 is 2.62 bits per heavy atom. The predicted molar refractivity (Wildman–Crippen MR) is 83.8 cm³/mol. The zero-order valence-electron chi connectivity index (χ0n) is 11.0. The van der Waals surface area contributed by atoms with Gasteiger partial charge in [-0.1, -0.05) is 0 Å². The van der Waals surface area contributed by atoms with Crippen LogP contribution < -0.4 is 16.2 Å². The van der Waals surface area contributed by atoms with Crippen molar-refractivity contribution in [2.75, 3.05) is 5.01 Å². The maximum atomic E-state index is 11.0. The lowest BCUT2D eigenvalue weighted by Gasteiger charge is -2.15. The first-order valence-electron chi connectivity index (χ1n) is 5.81. The molecule has 0 aromatic heterocycles. The second kappa shape index (κ2) is 5.76. The molecule has 0 bridgehead atoms. The summed E-state index contributed by atoms with van der Waals surface area (Å²) in [5.41, 5.74) is 9.24. The number of nitrogens with two attached hydrogens (primary N) is 1. The van der Waals surface area contributed by atoms with Crippen molar-refractivity contribution in [1.82, 2.24) is 5.43 Å². The van der Waals surface area contributed by atoms with Crippen LogP contribution >= 0.6 is 12.2 Å². The van der Waals surface area contributed by atoms with E-state index in [0.29, 0.717) is 17.9 Å². The molecule has 0 spiro atoms. The number of hydrogen-bond acceptors (Lipinski definition) is 5. The molecule has 1 aliphatic heterocycles. The fourth-order valence-corrected chi connectivity index (χ4v) is 2.27. The van der Waals surface area contributed by atoms with Crippen LogP contribution in [-0.4, -0.2) is 29.6 Å². The average molecular weight is 327 g/mol. The maximum Gasteiger partial charge on any atom is 0.294 e. The van der Waals surface area contributed by atoms with Crippen LogP contribution in [0, 0.1) is 0 Å². The van der Waals surface area contributed by atoms with Crippen molar-refractivity contribution in [3.05, 3.63) is 24.3 Å². The molecule has 1 aromatic rings. The van der Waals surface area contributed by atoms with Crippen LogP contribution in [0.1, 0.15) is 13.3 Å². The Morgan fingerprint density at radius 1 is 1.48 bits per heavy atom. The van der Waals surface area contributed by atoms with Crippen LogP contribution in [0.5, 0.6) is 0 Å². The first kappa shape index (κ1) is 15.4. The van der Waals surface area contributed by atoms with Gasteiger partial charge in [0.05, 0.1) is 10.6 Å². The Kier molecular flexibility index (Phi) is 4.21. The molecule has 1 aromatic carbocycles. The van der Waals surface area contributed by atoms with Crippen LogP contribution in [0.3, 0.4) is 0 Å². The molecule has 112 valence electrons. The number of hydrazone groups is 2. The number of rotatable bonds is 3. The fourth-order valence-electron chi connectivity index (χ4n) is 1.74. The number of amidine groups is 1. The van der Waals surface area contributed by atoms with E-state index in [1.807, 2.05) is 6.92 Å². The number of hydrogen-bond donors (Lipinski definition) is 3. The van der Waals surface area contributed by atoms with Gasteiger partial charge in [0.15, 0.2) is 10.9 Å². The molecule has 0 aliphatic carbocycles. The Morgan fingerprint density at radius 2 is 2.10 bits per heavy atom. The van der Waals surface area contributed by atoms with Gasteiger partial charge in [-0.05, 0) is 43.4 Å². The van der Waals surface area contributed by atoms with Gasteiger partial charge in [-0.3, -0.25) is 9.98 Å². The molecule has 0 amide bonds. The number of nitrogens with one attached hydrogen (secondary N) is 1. The Hall–Kier alpha value is -2.04. The highest BCUT2D eigenvalue weighted by atomic mass is 32.2. The minimum atomic E-state index is -4.22. The number of thiocarbonyl (C=S) groups is 1. The van der Waals surface area contributed by atoms with E-state index in [9.17, 15) is 8.42 Å². The van der Waals surface area contributed by atoms with Crippen molar-refractivity contribution >= 4 is 44.7 Å². The van der Waals surface area contributed by atoms with Gasteiger partial charge in [0.25, 0.3) is 10.1 Å². The fraction of sp³-hybridized carbons (Fsp3) is 0.182. The summed E-state index contributed by atoms with van der Waals surface area (Å²) in [7, 11) is -4.22. The summed E-state index contributed by atoms with van der Waals surface area (Å²) in [5.74, 6) is 0.569. The number of anilines is 1. The van der Waals surface area contributed by atoms with E-state index in [1.165, 1.54) is 29.3 Å². The van der Waals surface area contributed by atoms with Crippen LogP contribution in [0.25, 0.3) is 0 Å². The highest BCUT2D eigenvalue weighted by Crippen LogP contribution is 2.23. The Balaban J connectivity index is 2.30. The van der Waals surface area contributed by atoms with Gasteiger partial charge in [-0.25, -0.2) is 5.01 Å². The lowest BCUT2D eigenvalue weighted by Crippen LogP contribution is -2.29. The normalized spacial score (nSPS) is 17.0. The second-order valence-corrected chi connectivity index (χ2v) is 6.16. The van der Waals surface area contributed by atoms with Crippen LogP contribution in [-0.2, 0) is 10.1 Å². The van der Waals surface area contributed by atoms with Crippen molar-refractivity contribution in [3.63, 3.8) is 0 Å². The average Bonchev–Trinajstić information content (AvgIpc) is 2.77. The zero-order chi connectivity index (χ0) is 15.6. The molecular weight excluding hydrogens is 314 g/mol. The lowest BCUT2D eigenvalue weighted by molar-refractivity contribution is 0.483. The molecule has 0 saturated heterocycles. The molecule has 2 rings (SSSR count). The highest BCUT2D eigenvalue weighted by molar-refractivity contribution is 7.85. The highest BCUT2D eigenvalue weighted by Gasteiger charge is 2.22. The van der Waals surface area contributed by atoms with E-state index in [1.54, 1.807) is 0 Å². The van der Waals surface area contributed by atoms with E-state index in [2.05, 4.69) is 27.8 Å². The Labute approximate surface area is 127 Å². The van der Waals surface area contributed by atoms with Gasteiger partial charge in [0.1, 0.15) is 0 Å². The van der Waals surface area contributed by atoms with Crippen molar-refractivity contribution in [2.24, 2.45) is 15.9 Å². The zero-order valence-corrected chi connectivity index (χ0v) is 12.6. The summed E-state index contributed by atoms with van der Waals surface area (Å²) in [4.78, 5) is -0.189. The molecule has 21 heavy (non-hydrogen) atoms. The van der Waals surface area contributed by atoms with E-state index < -0.39 is 10.1 Å². The van der Waals surface area contributed by atoms with Crippen LogP contribution in [0.15, 0.2) is 39.4 Å². The topological polar surface area (TPSA) is 120 Å².